The van der Waals surface area contributed by atoms with Crippen LogP contribution in [0, 0.1) is 0 Å². The van der Waals surface area contributed by atoms with Gasteiger partial charge in [0.05, 0.1) is 11.0 Å². The normalized spacial score (nSPS) is 11.9. The van der Waals surface area contributed by atoms with Crippen LogP contribution in [-0.2, 0) is 6.42 Å². The Kier molecular flexibility index (Phi) is 4.63. The number of rotatable bonds is 4. The first kappa shape index (κ1) is 13.6. The lowest BCUT2D eigenvalue weighted by molar-refractivity contribution is 0.0778. The van der Waals surface area contributed by atoms with Gasteiger partial charge in [0.1, 0.15) is 0 Å². The minimum absolute atomic E-state index is 0.0391. The van der Waals surface area contributed by atoms with Crippen molar-refractivity contribution in [1.82, 2.24) is 4.90 Å². The number of hydrogen-bond acceptors (Lipinski definition) is 2. The lowest BCUT2D eigenvalue weighted by Crippen LogP contribution is -2.43. The summed E-state index contributed by atoms with van der Waals surface area (Å²) in [5, 5.41) is 0. The van der Waals surface area contributed by atoms with Crippen molar-refractivity contribution in [2.45, 2.75) is 26.3 Å². The van der Waals surface area contributed by atoms with E-state index >= 15 is 0 Å². The molecule has 3 nitrogen and oxygen atoms in total. The average Bonchev–Trinajstić information content (AvgIpc) is 2.35. The maximum Gasteiger partial charge on any atom is 0.254 e. The van der Waals surface area contributed by atoms with Crippen molar-refractivity contribution in [3.63, 3.8) is 0 Å². The zero-order valence-electron chi connectivity index (χ0n) is 10.4. The Morgan fingerprint density at radius 1 is 1.47 bits per heavy atom. The van der Waals surface area contributed by atoms with Crippen LogP contribution in [0.1, 0.15) is 29.8 Å². The van der Waals surface area contributed by atoms with Crippen LogP contribution in [0.15, 0.2) is 24.3 Å². The van der Waals surface area contributed by atoms with Crippen molar-refractivity contribution in [2.24, 2.45) is 5.73 Å². The fraction of sp³-hybridized carbons (Fsp3) is 0.385. The molecule has 1 rings (SSSR count). The van der Waals surface area contributed by atoms with Gasteiger partial charge in [-0.25, -0.2) is 0 Å². The van der Waals surface area contributed by atoms with E-state index in [0.29, 0.717) is 4.99 Å². The van der Waals surface area contributed by atoms with E-state index in [-0.39, 0.29) is 11.9 Å². The van der Waals surface area contributed by atoms with Gasteiger partial charge in [-0.15, -0.1) is 0 Å². The van der Waals surface area contributed by atoms with Gasteiger partial charge in [0.25, 0.3) is 5.91 Å². The lowest BCUT2D eigenvalue weighted by atomic mass is 10.0. The maximum absolute atomic E-state index is 12.3. The summed E-state index contributed by atoms with van der Waals surface area (Å²) in [6, 6.07) is 7.37. The Labute approximate surface area is 108 Å². The van der Waals surface area contributed by atoms with Crippen LogP contribution in [-0.4, -0.2) is 28.9 Å². The molecule has 0 aromatic heterocycles. The third-order valence-corrected chi connectivity index (χ3v) is 3.28. The van der Waals surface area contributed by atoms with E-state index in [4.69, 9.17) is 18.0 Å². The van der Waals surface area contributed by atoms with Gasteiger partial charge in [0.2, 0.25) is 0 Å². The van der Waals surface area contributed by atoms with Crippen molar-refractivity contribution >= 4 is 23.1 Å². The Morgan fingerprint density at radius 3 is 2.59 bits per heavy atom. The topological polar surface area (TPSA) is 46.3 Å². The molecule has 1 aromatic rings. The second-order valence-corrected chi connectivity index (χ2v) is 4.48. The predicted octanol–water partition coefficient (Wildman–Crippen LogP) is 2.00. The lowest BCUT2D eigenvalue weighted by Gasteiger charge is -2.24. The number of carbonyl (C=O) groups excluding carboxylic acids is 1. The summed E-state index contributed by atoms with van der Waals surface area (Å²) in [5.41, 5.74) is 7.32. The van der Waals surface area contributed by atoms with Gasteiger partial charge in [0.15, 0.2) is 0 Å². The summed E-state index contributed by atoms with van der Waals surface area (Å²) in [5.74, 6) is -0.0391. The molecule has 0 fully saturated rings. The summed E-state index contributed by atoms with van der Waals surface area (Å²) in [7, 11) is 1.72. The zero-order valence-corrected chi connectivity index (χ0v) is 11.3. The van der Waals surface area contributed by atoms with E-state index in [1.54, 1.807) is 11.9 Å². The number of carbonyl (C=O) groups is 1. The summed E-state index contributed by atoms with van der Waals surface area (Å²) >= 11 is 4.91. The van der Waals surface area contributed by atoms with Crippen molar-refractivity contribution in [3.05, 3.63) is 35.4 Å². The third-order valence-electron chi connectivity index (χ3n) is 2.94. The second kappa shape index (κ2) is 5.77. The number of thiocarbonyl (C=S) groups is 1. The number of aryl methyl sites for hydroxylation is 1. The highest BCUT2D eigenvalue weighted by Crippen LogP contribution is 2.13. The molecule has 0 aliphatic heterocycles. The number of nitrogens with two attached hydrogens (primary N) is 1. The van der Waals surface area contributed by atoms with Crippen molar-refractivity contribution in [3.8, 4) is 0 Å². The molecule has 0 saturated carbocycles. The van der Waals surface area contributed by atoms with Gasteiger partial charge in [0, 0.05) is 12.6 Å². The summed E-state index contributed by atoms with van der Waals surface area (Å²) in [6.45, 7) is 3.86. The van der Waals surface area contributed by atoms with E-state index in [9.17, 15) is 4.79 Å². The fourth-order valence-corrected chi connectivity index (χ4v) is 1.75. The van der Waals surface area contributed by atoms with Crippen molar-refractivity contribution in [1.29, 1.82) is 0 Å². The molecule has 0 aliphatic carbocycles. The van der Waals surface area contributed by atoms with Gasteiger partial charge in [-0.3, -0.25) is 4.79 Å². The molecule has 2 N–H and O–H groups in total. The highest BCUT2D eigenvalue weighted by molar-refractivity contribution is 7.80. The molecule has 17 heavy (non-hydrogen) atoms. The van der Waals surface area contributed by atoms with E-state index in [0.717, 1.165) is 17.5 Å². The van der Waals surface area contributed by atoms with Crippen LogP contribution in [0.3, 0.4) is 0 Å². The fourth-order valence-electron chi connectivity index (χ4n) is 1.59. The molecule has 0 spiro atoms. The van der Waals surface area contributed by atoms with Crippen LogP contribution in [0.4, 0.5) is 0 Å². The average molecular weight is 250 g/mol. The molecule has 0 aliphatic rings. The van der Waals surface area contributed by atoms with E-state index in [1.165, 1.54) is 0 Å². The molecular formula is C13H18N2OS. The first-order valence-electron chi connectivity index (χ1n) is 5.63. The minimum Gasteiger partial charge on any atom is -0.392 e. The summed E-state index contributed by atoms with van der Waals surface area (Å²) in [6.07, 6.45) is 0.831. The molecule has 1 aromatic carbocycles. The third kappa shape index (κ3) is 3.03. The van der Waals surface area contributed by atoms with E-state index in [1.807, 2.05) is 38.1 Å². The van der Waals surface area contributed by atoms with Crippen LogP contribution in [0.5, 0.6) is 0 Å². The largest absolute Gasteiger partial charge is 0.392 e. The second-order valence-electron chi connectivity index (χ2n) is 4.01. The smallest absolute Gasteiger partial charge is 0.254 e. The van der Waals surface area contributed by atoms with Gasteiger partial charge < -0.3 is 10.6 Å². The molecule has 0 heterocycles. The number of hydrogen-bond donors (Lipinski definition) is 1. The Morgan fingerprint density at radius 2 is 2.06 bits per heavy atom. The number of amides is 1. The molecular weight excluding hydrogens is 232 g/mol. The van der Waals surface area contributed by atoms with E-state index < -0.39 is 0 Å². The maximum atomic E-state index is 12.3. The van der Waals surface area contributed by atoms with Gasteiger partial charge in [-0.1, -0.05) is 37.3 Å². The summed E-state index contributed by atoms with van der Waals surface area (Å²) in [4.78, 5) is 14.2. The minimum atomic E-state index is -0.234. The first-order chi connectivity index (χ1) is 7.99. The number of likely N-dealkylation sites (N-methyl/N-ethyl adjacent to an activating group) is 1. The first-order valence-corrected chi connectivity index (χ1v) is 6.04. The molecule has 0 bridgehead atoms. The Hall–Kier alpha value is -1.42. The van der Waals surface area contributed by atoms with Gasteiger partial charge >= 0.3 is 0 Å². The standard InChI is InChI=1S/C13H18N2OS/c1-4-10-7-5-6-8-11(10)13(16)15(3)9(2)12(14)17/h5-9H,4H2,1-3H3,(H2,14,17). The monoisotopic (exact) mass is 250 g/mol. The van der Waals surface area contributed by atoms with Crippen LogP contribution >= 0.6 is 12.2 Å². The Balaban J connectivity index is 3.00. The van der Waals surface area contributed by atoms with Crippen molar-refractivity contribution < 1.29 is 4.79 Å². The highest BCUT2D eigenvalue weighted by Gasteiger charge is 2.20. The van der Waals surface area contributed by atoms with Crippen LogP contribution < -0.4 is 5.73 Å². The number of benzene rings is 1. The zero-order chi connectivity index (χ0) is 13.0. The van der Waals surface area contributed by atoms with E-state index in [2.05, 4.69) is 0 Å². The SMILES string of the molecule is CCc1ccccc1C(=O)N(C)C(C)C(N)=S. The van der Waals surface area contributed by atoms with Crippen LogP contribution in [0.25, 0.3) is 0 Å². The highest BCUT2D eigenvalue weighted by atomic mass is 32.1. The van der Waals surface area contributed by atoms with Crippen LogP contribution in [0.2, 0.25) is 0 Å². The molecule has 1 amide bonds. The summed E-state index contributed by atoms with van der Waals surface area (Å²) < 4.78 is 0. The molecule has 0 saturated heterocycles. The number of nitrogens with zero attached hydrogens (tertiary/aromatic N) is 1. The molecule has 92 valence electrons. The quantitative estimate of drug-likeness (QED) is 0.831. The molecule has 1 atom stereocenters. The van der Waals surface area contributed by atoms with Crippen molar-refractivity contribution in [2.75, 3.05) is 7.05 Å². The predicted molar refractivity (Wildman–Crippen MR) is 74.2 cm³/mol. The van der Waals surface area contributed by atoms with Gasteiger partial charge in [-0.2, -0.15) is 0 Å². The Bertz CT molecular complexity index is 431. The molecule has 1 unspecified atom stereocenters. The van der Waals surface area contributed by atoms with Gasteiger partial charge in [-0.05, 0) is 25.0 Å². The molecule has 0 radical (unpaired) electrons. The molecule has 4 heteroatoms.